The van der Waals surface area contributed by atoms with E-state index < -0.39 is 16.5 Å². The van der Waals surface area contributed by atoms with Gasteiger partial charge in [0.2, 0.25) is 0 Å². The maximum atomic E-state index is 9.44. The second-order valence-corrected chi connectivity index (χ2v) is 2.83. The summed E-state index contributed by atoms with van der Waals surface area (Å²) in [6, 6.07) is 1.49. The van der Waals surface area contributed by atoms with Gasteiger partial charge in [0, 0.05) is 0 Å². The average molecular weight is 203 g/mol. The molecule has 0 aromatic carbocycles. The number of aliphatic hydroxyl groups excluding tert-OH is 1. The standard InChI is InChI=1S/C2H3NO.H4O5P2/c3-1-2-4;1-6(2)5-7(3)4/h4H,2H2;6-7H,(H,1,2)(H,3,4). The van der Waals surface area contributed by atoms with Gasteiger partial charge in [-0.05, 0) is 0 Å². The predicted molar refractivity (Wildman–Crippen MR) is 36.2 cm³/mol. The largest absolute Gasteiger partial charge is 0.381 e. The number of rotatable bonds is 2. The Morgan fingerprint density at radius 1 is 1.36 bits per heavy atom. The molecule has 66 valence electrons. The van der Waals surface area contributed by atoms with Crippen molar-refractivity contribution in [2.75, 3.05) is 6.61 Å². The van der Waals surface area contributed by atoms with Crippen molar-refractivity contribution in [3.05, 3.63) is 0 Å². The van der Waals surface area contributed by atoms with Crippen LogP contribution in [0.1, 0.15) is 0 Å². The van der Waals surface area contributed by atoms with Crippen molar-refractivity contribution in [1.82, 2.24) is 0 Å². The van der Waals surface area contributed by atoms with Crippen molar-refractivity contribution < 1.29 is 28.3 Å². The van der Waals surface area contributed by atoms with Gasteiger partial charge in [0.25, 0.3) is 0 Å². The molecule has 0 fully saturated rings. The lowest BCUT2D eigenvalue weighted by Gasteiger charge is -1.86. The molecular formula is C2H7NO6P2. The van der Waals surface area contributed by atoms with E-state index in [0.717, 1.165) is 0 Å². The van der Waals surface area contributed by atoms with Gasteiger partial charge < -0.3 is 14.9 Å². The molecular weight excluding hydrogens is 196 g/mol. The Labute approximate surface area is 63.8 Å². The molecule has 0 aliphatic rings. The summed E-state index contributed by atoms with van der Waals surface area (Å²) in [5, 5.41) is 14.9. The third kappa shape index (κ3) is 25.9. The number of hydrogen-bond donors (Lipinski definition) is 3. The van der Waals surface area contributed by atoms with Crippen LogP contribution in [0.15, 0.2) is 0 Å². The van der Waals surface area contributed by atoms with Crippen molar-refractivity contribution in [1.29, 1.82) is 5.26 Å². The molecule has 2 unspecified atom stereocenters. The highest BCUT2D eigenvalue weighted by molar-refractivity contribution is 7.46. The quantitative estimate of drug-likeness (QED) is 0.398. The lowest BCUT2D eigenvalue weighted by Crippen LogP contribution is -1.64. The third-order valence-electron chi connectivity index (χ3n) is 0.245. The Kier molecular flexibility index (Phi) is 11.9. The number of nitriles is 1. The van der Waals surface area contributed by atoms with E-state index >= 15 is 0 Å². The van der Waals surface area contributed by atoms with E-state index in [-0.39, 0.29) is 6.61 Å². The summed E-state index contributed by atoms with van der Waals surface area (Å²) >= 11 is 0. The van der Waals surface area contributed by atoms with E-state index in [1.165, 1.54) is 6.07 Å². The number of aliphatic hydroxyl groups is 1. The minimum Gasteiger partial charge on any atom is -0.381 e. The van der Waals surface area contributed by atoms with Gasteiger partial charge in [-0.3, -0.25) is 9.13 Å². The fourth-order valence-corrected chi connectivity index (χ4v) is 0.672. The fourth-order valence-electron chi connectivity index (χ4n) is 0.0747. The van der Waals surface area contributed by atoms with Crippen LogP contribution in [0.25, 0.3) is 0 Å². The van der Waals surface area contributed by atoms with Crippen molar-refractivity contribution in [2.45, 2.75) is 0 Å². The molecule has 0 aliphatic heterocycles. The molecule has 0 aromatic heterocycles. The molecule has 9 heteroatoms. The van der Waals surface area contributed by atoms with Gasteiger partial charge in [-0.25, -0.2) is 4.31 Å². The summed E-state index contributed by atoms with van der Waals surface area (Å²) < 4.78 is 22.3. The van der Waals surface area contributed by atoms with Gasteiger partial charge in [0.15, 0.2) is 0 Å². The van der Waals surface area contributed by atoms with Crippen LogP contribution >= 0.6 is 16.5 Å². The predicted octanol–water partition coefficient (Wildman–Crippen LogP) is -0.731. The normalized spacial score (nSPS) is 13.6. The Balaban J connectivity index is 0. The monoisotopic (exact) mass is 203 g/mol. The highest BCUT2D eigenvalue weighted by Crippen LogP contribution is 2.30. The van der Waals surface area contributed by atoms with Crippen LogP contribution in [0.4, 0.5) is 0 Å². The Hall–Kier alpha value is -0.210. The van der Waals surface area contributed by atoms with Crippen LogP contribution in [-0.4, -0.2) is 21.5 Å². The van der Waals surface area contributed by atoms with Crippen LogP contribution in [-0.2, 0) is 13.4 Å². The maximum Gasteiger partial charge on any atom is 0.323 e. The molecule has 3 N–H and O–H groups in total. The Morgan fingerprint density at radius 3 is 1.64 bits per heavy atom. The minimum atomic E-state index is -3.20. The summed E-state index contributed by atoms with van der Waals surface area (Å²) in [6.45, 7) is -0.375. The second-order valence-electron chi connectivity index (χ2n) is 0.950. The van der Waals surface area contributed by atoms with Crippen LogP contribution in [0.2, 0.25) is 0 Å². The molecule has 0 spiro atoms. The highest BCUT2D eigenvalue weighted by Gasteiger charge is 1.93. The molecule has 0 saturated heterocycles. The van der Waals surface area contributed by atoms with Gasteiger partial charge in [-0.2, -0.15) is 5.26 Å². The molecule has 0 rings (SSSR count). The summed E-state index contributed by atoms with van der Waals surface area (Å²) in [7, 11) is -6.40. The van der Waals surface area contributed by atoms with Crippen LogP contribution in [0.5, 0.6) is 0 Å². The number of hydrogen-bond acceptors (Lipinski definition) is 5. The smallest absolute Gasteiger partial charge is 0.323 e. The molecule has 11 heavy (non-hydrogen) atoms. The van der Waals surface area contributed by atoms with Crippen molar-refractivity contribution in [3.63, 3.8) is 0 Å². The van der Waals surface area contributed by atoms with Gasteiger partial charge >= 0.3 is 16.5 Å². The van der Waals surface area contributed by atoms with Crippen molar-refractivity contribution in [3.8, 4) is 6.07 Å². The Bertz CT molecular complexity index is 162. The van der Waals surface area contributed by atoms with Crippen LogP contribution in [0.3, 0.4) is 0 Å². The highest BCUT2D eigenvalue weighted by atomic mass is 31.2. The zero-order valence-corrected chi connectivity index (χ0v) is 7.22. The van der Waals surface area contributed by atoms with E-state index in [0.29, 0.717) is 0 Å². The van der Waals surface area contributed by atoms with E-state index in [9.17, 15) is 9.13 Å². The minimum absolute atomic E-state index is 0.375. The van der Waals surface area contributed by atoms with Gasteiger partial charge in [-0.1, -0.05) is 0 Å². The first-order valence-corrected chi connectivity index (χ1v) is 4.68. The molecule has 0 heterocycles. The molecule has 0 amide bonds. The molecule has 0 aliphatic carbocycles. The van der Waals surface area contributed by atoms with E-state index in [1.54, 1.807) is 0 Å². The molecule has 0 radical (unpaired) electrons. The first-order valence-electron chi connectivity index (χ1n) is 2.16. The summed E-state index contributed by atoms with van der Waals surface area (Å²) in [6.07, 6.45) is 0. The van der Waals surface area contributed by atoms with E-state index in [4.69, 9.17) is 20.2 Å². The lowest BCUT2D eigenvalue weighted by molar-refractivity contribution is 0.348. The van der Waals surface area contributed by atoms with E-state index in [1.807, 2.05) is 0 Å². The SMILES string of the molecule is N#CCO.O=[PH](O)O[PH](=O)O. The average Bonchev–Trinajstić information content (AvgIpc) is 1.85. The first-order chi connectivity index (χ1) is 5.04. The third-order valence-corrected chi connectivity index (χ3v) is 1.64. The van der Waals surface area contributed by atoms with Gasteiger partial charge in [-0.15, -0.1) is 0 Å². The molecule has 0 saturated carbocycles. The maximum absolute atomic E-state index is 9.44. The topological polar surface area (TPSA) is 128 Å². The summed E-state index contributed by atoms with van der Waals surface area (Å²) in [5.74, 6) is 0. The zero-order valence-electron chi connectivity index (χ0n) is 5.22. The van der Waals surface area contributed by atoms with Crippen molar-refractivity contribution in [2.24, 2.45) is 0 Å². The molecule has 0 aromatic rings. The van der Waals surface area contributed by atoms with Gasteiger partial charge in [0.1, 0.15) is 6.61 Å². The zero-order chi connectivity index (χ0) is 9.28. The fraction of sp³-hybridized carbons (Fsp3) is 0.500. The van der Waals surface area contributed by atoms with Crippen LogP contribution < -0.4 is 0 Å². The second kappa shape index (κ2) is 9.79. The summed E-state index contributed by atoms with van der Waals surface area (Å²) in [4.78, 5) is 15.4. The van der Waals surface area contributed by atoms with Crippen LogP contribution in [0, 0.1) is 11.3 Å². The molecule has 7 nitrogen and oxygen atoms in total. The molecule has 0 bridgehead atoms. The molecule has 2 atom stereocenters. The van der Waals surface area contributed by atoms with Gasteiger partial charge in [0.05, 0.1) is 6.07 Å². The van der Waals surface area contributed by atoms with Crippen molar-refractivity contribution >= 4 is 16.5 Å². The Morgan fingerprint density at radius 2 is 1.64 bits per heavy atom. The lowest BCUT2D eigenvalue weighted by atomic mass is 10.9. The first kappa shape index (κ1) is 13.4. The number of nitrogens with zero attached hydrogens (tertiary/aromatic N) is 1. The van der Waals surface area contributed by atoms with E-state index in [2.05, 4.69) is 4.31 Å². The summed E-state index contributed by atoms with van der Waals surface area (Å²) in [5.41, 5.74) is 0.